The van der Waals surface area contributed by atoms with Crippen molar-refractivity contribution in [2.75, 3.05) is 24.2 Å². The summed E-state index contributed by atoms with van der Waals surface area (Å²) < 4.78 is 2.27. The largest absolute Gasteiger partial charge is 0.371 e. The number of thiophene rings is 1. The number of rotatable bonds is 4. The summed E-state index contributed by atoms with van der Waals surface area (Å²) in [7, 11) is 0. The third-order valence-corrected chi connectivity index (χ3v) is 7.59. The van der Waals surface area contributed by atoms with Gasteiger partial charge in [0, 0.05) is 40.8 Å². The minimum atomic E-state index is 0.138. The fourth-order valence-corrected chi connectivity index (χ4v) is 5.45. The summed E-state index contributed by atoms with van der Waals surface area (Å²) in [5.41, 5.74) is 2.22. The Morgan fingerprint density at radius 1 is 1.23 bits per heavy atom. The number of benzene rings is 1. The zero-order chi connectivity index (χ0) is 18.1. The van der Waals surface area contributed by atoms with Gasteiger partial charge in [-0.2, -0.15) is 0 Å². The number of carbonyl (C=O) groups is 1. The van der Waals surface area contributed by atoms with Gasteiger partial charge in [0.2, 0.25) is 0 Å². The number of aromatic nitrogens is 1. The molecule has 134 valence electrons. The van der Waals surface area contributed by atoms with Gasteiger partial charge < -0.3 is 4.90 Å². The predicted molar refractivity (Wildman–Crippen MR) is 115 cm³/mol. The molecule has 1 aliphatic rings. The smallest absolute Gasteiger partial charge is 0.176 e. The van der Waals surface area contributed by atoms with Gasteiger partial charge in [-0.3, -0.25) is 9.78 Å². The van der Waals surface area contributed by atoms with E-state index >= 15 is 0 Å². The van der Waals surface area contributed by atoms with Crippen LogP contribution in [0.25, 0.3) is 10.9 Å². The molecule has 0 aliphatic carbocycles. The van der Waals surface area contributed by atoms with Gasteiger partial charge in [0.1, 0.15) is 0 Å². The average Bonchev–Trinajstić information content (AvgIpc) is 3.16. The Morgan fingerprint density at radius 3 is 2.77 bits per heavy atom. The molecule has 0 N–H and O–H groups in total. The molecule has 1 saturated heterocycles. The maximum Gasteiger partial charge on any atom is 0.176 e. The van der Waals surface area contributed by atoms with Crippen LogP contribution in [-0.2, 0) is 0 Å². The number of anilines is 1. The second-order valence-electron chi connectivity index (χ2n) is 6.44. The summed E-state index contributed by atoms with van der Waals surface area (Å²) in [4.78, 5) is 20.6. The lowest BCUT2D eigenvalue weighted by Gasteiger charge is -2.33. The highest BCUT2D eigenvalue weighted by atomic mass is 79.9. The van der Waals surface area contributed by atoms with Gasteiger partial charge in [0.05, 0.1) is 14.6 Å². The van der Waals surface area contributed by atoms with Crippen LogP contribution < -0.4 is 4.90 Å². The van der Waals surface area contributed by atoms with Crippen LogP contribution in [-0.4, -0.2) is 30.1 Å². The molecule has 4 rings (SSSR count). The van der Waals surface area contributed by atoms with E-state index in [1.165, 1.54) is 9.90 Å². The Kier molecular flexibility index (Phi) is 5.34. The van der Waals surface area contributed by atoms with Gasteiger partial charge in [-0.15, -0.1) is 23.1 Å². The molecule has 0 unspecified atom stereocenters. The summed E-state index contributed by atoms with van der Waals surface area (Å²) in [5, 5.41) is 1.16. The van der Waals surface area contributed by atoms with Gasteiger partial charge in [-0.25, -0.2) is 0 Å². The highest BCUT2D eigenvalue weighted by Gasteiger charge is 2.27. The second-order valence-corrected chi connectivity index (χ2v) is 9.55. The molecule has 26 heavy (non-hydrogen) atoms. The third kappa shape index (κ3) is 3.55. The van der Waals surface area contributed by atoms with Crippen molar-refractivity contribution in [2.45, 2.75) is 17.1 Å². The number of halogens is 1. The van der Waals surface area contributed by atoms with E-state index in [-0.39, 0.29) is 5.92 Å². The Labute approximate surface area is 169 Å². The van der Waals surface area contributed by atoms with Crippen LogP contribution in [0.2, 0.25) is 0 Å². The topological polar surface area (TPSA) is 33.2 Å². The predicted octanol–water partition coefficient (Wildman–Crippen LogP) is 5.88. The van der Waals surface area contributed by atoms with Crippen molar-refractivity contribution in [3.8, 4) is 0 Å². The molecular formula is C20H19BrN2OS2. The van der Waals surface area contributed by atoms with Gasteiger partial charge in [-0.1, -0.05) is 15.9 Å². The van der Waals surface area contributed by atoms with Crippen molar-refractivity contribution in [3.63, 3.8) is 0 Å². The fourth-order valence-electron chi connectivity index (χ4n) is 3.53. The average molecular weight is 447 g/mol. The van der Waals surface area contributed by atoms with Crippen LogP contribution in [0, 0.1) is 5.92 Å². The number of pyridine rings is 1. The second kappa shape index (κ2) is 7.71. The third-order valence-electron chi connectivity index (χ3n) is 4.91. The number of ketones is 1. The highest BCUT2D eigenvalue weighted by molar-refractivity contribution is 9.10. The first-order valence-corrected chi connectivity index (χ1v) is 11.5. The van der Waals surface area contributed by atoms with Crippen molar-refractivity contribution in [1.29, 1.82) is 0 Å². The molecule has 3 heterocycles. The molecule has 1 aromatic carbocycles. The number of hydrogen-bond acceptors (Lipinski definition) is 5. The molecule has 1 aliphatic heterocycles. The monoisotopic (exact) mass is 446 g/mol. The molecule has 1 fully saturated rings. The van der Waals surface area contributed by atoms with Crippen molar-refractivity contribution in [3.05, 3.63) is 51.9 Å². The Hall–Kier alpha value is -1.37. The number of piperidine rings is 1. The number of fused-ring (bicyclic) bond motifs is 1. The maximum atomic E-state index is 12.8. The SMILES string of the molecule is CSc1ccc(C(=O)C2CCN(c3ccnc4ccc(Br)cc34)CC2)s1. The quantitative estimate of drug-likeness (QED) is 0.370. The highest BCUT2D eigenvalue weighted by Crippen LogP contribution is 2.33. The lowest BCUT2D eigenvalue weighted by atomic mass is 9.91. The van der Waals surface area contributed by atoms with Crippen LogP contribution >= 0.6 is 39.0 Å². The lowest BCUT2D eigenvalue weighted by molar-refractivity contribution is 0.0905. The van der Waals surface area contributed by atoms with Gasteiger partial charge >= 0.3 is 0 Å². The normalized spacial score (nSPS) is 15.5. The first-order chi connectivity index (χ1) is 12.7. The Morgan fingerprint density at radius 2 is 2.04 bits per heavy atom. The van der Waals surface area contributed by atoms with Gasteiger partial charge in [0.15, 0.2) is 5.78 Å². The summed E-state index contributed by atoms with van der Waals surface area (Å²) >= 11 is 6.88. The summed E-state index contributed by atoms with van der Waals surface area (Å²) in [6, 6.07) is 12.3. The first-order valence-electron chi connectivity index (χ1n) is 8.63. The summed E-state index contributed by atoms with van der Waals surface area (Å²) in [5.74, 6) is 0.455. The standard InChI is InChI=1S/C20H19BrN2OS2/c1-25-19-5-4-18(26-19)20(24)13-7-10-23(11-8-13)17-6-9-22-16-3-2-14(21)12-15(16)17/h2-6,9,12-13H,7-8,10-11H2,1H3. The van der Waals surface area contributed by atoms with Crippen molar-refractivity contribution in [1.82, 2.24) is 4.98 Å². The summed E-state index contributed by atoms with van der Waals surface area (Å²) in [6.45, 7) is 1.81. The number of nitrogens with zero attached hydrogens (tertiary/aromatic N) is 2. The van der Waals surface area contributed by atoms with Crippen LogP contribution in [0.15, 0.2) is 51.3 Å². The number of hydrogen-bond donors (Lipinski definition) is 0. The molecule has 0 amide bonds. The van der Waals surface area contributed by atoms with Crippen molar-refractivity contribution < 1.29 is 4.79 Å². The molecule has 0 radical (unpaired) electrons. The molecule has 0 bridgehead atoms. The van der Waals surface area contributed by atoms with E-state index in [4.69, 9.17) is 0 Å². The summed E-state index contributed by atoms with van der Waals surface area (Å²) in [6.07, 6.45) is 5.74. The van der Waals surface area contributed by atoms with E-state index in [0.717, 1.165) is 46.2 Å². The van der Waals surface area contributed by atoms with Crippen molar-refractivity contribution in [2.24, 2.45) is 5.92 Å². The number of Topliss-reactive ketones (excluding diaryl/α,β-unsaturated/α-hetero) is 1. The molecule has 0 atom stereocenters. The Balaban J connectivity index is 1.50. The van der Waals surface area contributed by atoms with Crippen LogP contribution in [0.1, 0.15) is 22.5 Å². The first kappa shape index (κ1) is 18.0. The molecule has 2 aromatic heterocycles. The van der Waals surface area contributed by atoms with E-state index in [1.807, 2.05) is 24.4 Å². The van der Waals surface area contributed by atoms with E-state index < -0.39 is 0 Å². The fraction of sp³-hybridized carbons (Fsp3) is 0.300. The van der Waals surface area contributed by atoms with Crippen LogP contribution in [0.4, 0.5) is 5.69 Å². The number of thioether (sulfide) groups is 1. The van der Waals surface area contributed by atoms with E-state index in [9.17, 15) is 4.79 Å². The van der Waals surface area contributed by atoms with Crippen molar-refractivity contribution >= 4 is 61.4 Å². The minimum Gasteiger partial charge on any atom is -0.371 e. The van der Waals surface area contributed by atoms with E-state index in [2.05, 4.69) is 50.3 Å². The molecular weight excluding hydrogens is 428 g/mol. The molecule has 6 heteroatoms. The maximum absolute atomic E-state index is 12.8. The van der Waals surface area contributed by atoms with Crippen LogP contribution in [0.3, 0.4) is 0 Å². The molecule has 3 aromatic rings. The van der Waals surface area contributed by atoms with E-state index in [1.54, 1.807) is 23.1 Å². The molecule has 3 nitrogen and oxygen atoms in total. The number of carbonyl (C=O) groups excluding carboxylic acids is 1. The molecule has 0 spiro atoms. The minimum absolute atomic E-state index is 0.138. The zero-order valence-corrected chi connectivity index (χ0v) is 17.7. The van der Waals surface area contributed by atoms with Crippen LogP contribution in [0.5, 0.6) is 0 Å². The zero-order valence-electron chi connectivity index (χ0n) is 14.4. The van der Waals surface area contributed by atoms with Gasteiger partial charge in [-0.05, 0) is 55.5 Å². The Bertz CT molecular complexity index is 948. The van der Waals surface area contributed by atoms with E-state index in [0.29, 0.717) is 5.78 Å². The lowest BCUT2D eigenvalue weighted by Crippen LogP contribution is -2.36. The molecule has 0 saturated carbocycles. The van der Waals surface area contributed by atoms with Gasteiger partial charge in [0.25, 0.3) is 0 Å².